The van der Waals surface area contributed by atoms with Gasteiger partial charge in [0.15, 0.2) is 0 Å². The predicted molar refractivity (Wildman–Crippen MR) is 133 cm³/mol. The number of halogens is 7. The van der Waals surface area contributed by atoms with Crippen LogP contribution in [0.3, 0.4) is 0 Å². The van der Waals surface area contributed by atoms with Crippen molar-refractivity contribution in [3.63, 3.8) is 0 Å². The van der Waals surface area contributed by atoms with Crippen LogP contribution in [0.15, 0.2) is 42.5 Å². The third kappa shape index (κ3) is 6.66. The first-order chi connectivity index (χ1) is 18.3. The largest absolute Gasteiger partial charge is 0.416 e. The predicted octanol–water partition coefficient (Wildman–Crippen LogP) is 5.96. The highest BCUT2D eigenvalue weighted by Gasteiger charge is 2.40. The van der Waals surface area contributed by atoms with E-state index >= 15 is 0 Å². The molecule has 2 aromatic carbocycles. The van der Waals surface area contributed by atoms with Crippen LogP contribution < -0.4 is 10.2 Å². The van der Waals surface area contributed by atoms with E-state index in [9.17, 15) is 35.5 Å². The number of piperidine rings is 2. The number of likely N-dealkylation sites (tertiary alicyclic amines) is 1. The molecule has 0 aliphatic carbocycles. The number of anilines is 1. The highest BCUT2D eigenvalue weighted by molar-refractivity contribution is 5.91. The molecular weight excluding hydrogens is 529 g/mol. The second-order valence-electron chi connectivity index (χ2n) is 10.2. The van der Waals surface area contributed by atoms with Gasteiger partial charge in [0, 0.05) is 50.9 Å². The van der Waals surface area contributed by atoms with Gasteiger partial charge in [0.05, 0.1) is 11.1 Å². The number of nitrogens with one attached hydrogen (secondary N) is 1. The van der Waals surface area contributed by atoms with Crippen LogP contribution in [0.25, 0.3) is 0 Å². The highest BCUT2D eigenvalue weighted by atomic mass is 19.4. The number of urea groups is 1. The third-order valence-electron chi connectivity index (χ3n) is 7.78. The van der Waals surface area contributed by atoms with E-state index in [-0.39, 0.29) is 12.0 Å². The SMILES string of the molecule is CN(C(=O)N(C)[C@@H]1CCN(C2CCNCC2)C[C@H]1c1ccc(F)cc1)c1cc(C(F)(F)F)cc(C(F)(F)F)c1. The Kier molecular flexibility index (Phi) is 8.46. The van der Waals surface area contributed by atoms with Gasteiger partial charge in [0.1, 0.15) is 5.82 Å². The fourth-order valence-electron chi connectivity index (χ4n) is 5.59. The number of likely N-dealkylation sites (N-methyl/N-ethyl adjacent to an activating group) is 1. The molecule has 0 radical (unpaired) electrons. The van der Waals surface area contributed by atoms with Crippen molar-refractivity contribution in [1.29, 1.82) is 0 Å². The number of hydrogen-bond donors (Lipinski definition) is 1. The maximum absolute atomic E-state index is 13.7. The Bertz CT molecular complexity index is 1110. The van der Waals surface area contributed by atoms with Crippen LogP contribution in [0.1, 0.15) is 41.9 Å². The second kappa shape index (κ2) is 11.3. The lowest BCUT2D eigenvalue weighted by molar-refractivity contribution is -0.143. The minimum atomic E-state index is -5.03. The number of carbonyl (C=O) groups excluding carboxylic acids is 1. The molecule has 0 unspecified atom stereocenters. The first-order valence-electron chi connectivity index (χ1n) is 12.8. The normalized spacial score (nSPS) is 21.6. The quantitative estimate of drug-likeness (QED) is 0.469. The Morgan fingerprint density at radius 3 is 2.00 bits per heavy atom. The number of alkyl halides is 6. The van der Waals surface area contributed by atoms with E-state index in [1.165, 1.54) is 24.1 Å². The van der Waals surface area contributed by atoms with Crippen LogP contribution in [-0.2, 0) is 12.4 Å². The molecule has 5 nitrogen and oxygen atoms in total. The number of amides is 2. The lowest BCUT2D eigenvalue weighted by Crippen LogP contribution is -2.56. The molecular formula is C27H31F7N4O. The average Bonchev–Trinajstić information content (AvgIpc) is 2.91. The maximum atomic E-state index is 13.7. The molecule has 2 fully saturated rings. The standard InChI is InChI=1S/C27H31F7N4O/c1-36(22-14-18(26(29,30)31)13-19(15-22)27(32,33)34)25(39)37(2)24-9-12-38(21-7-10-35-11-8-21)16-23(24)17-3-5-20(28)6-4-17/h3-6,13-15,21,23-24,35H,7-12,16H2,1-2H3/t23-,24+/m0/s1. The van der Waals surface area contributed by atoms with Gasteiger partial charge in [-0.25, -0.2) is 9.18 Å². The van der Waals surface area contributed by atoms with E-state index in [1.807, 2.05) is 0 Å². The molecule has 0 aromatic heterocycles. The molecule has 2 heterocycles. The van der Waals surface area contributed by atoms with Crippen molar-refractivity contribution in [2.24, 2.45) is 0 Å². The average molecular weight is 561 g/mol. The summed E-state index contributed by atoms with van der Waals surface area (Å²) < 4.78 is 94.0. The van der Waals surface area contributed by atoms with Gasteiger partial charge in [-0.3, -0.25) is 9.80 Å². The van der Waals surface area contributed by atoms with Crippen molar-refractivity contribution in [3.8, 4) is 0 Å². The van der Waals surface area contributed by atoms with Crippen LogP contribution in [0.2, 0.25) is 0 Å². The molecule has 0 saturated carbocycles. The van der Waals surface area contributed by atoms with Gasteiger partial charge in [-0.15, -0.1) is 0 Å². The second-order valence-corrected chi connectivity index (χ2v) is 10.2. The molecule has 0 bridgehead atoms. The molecule has 39 heavy (non-hydrogen) atoms. The van der Waals surface area contributed by atoms with Gasteiger partial charge in [-0.1, -0.05) is 12.1 Å². The summed E-state index contributed by atoms with van der Waals surface area (Å²) in [6.45, 7) is 3.05. The van der Waals surface area contributed by atoms with Crippen LogP contribution >= 0.6 is 0 Å². The Labute approximate surface area is 222 Å². The molecule has 214 valence electrons. The number of hydrogen-bond acceptors (Lipinski definition) is 3. The molecule has 4 rings (SSSR count). The van der Waals surface area contributed by atoms with Crippen molar-refractivity contribution in [1.82, 2.24) is 15.1 Å². The lowest BCUT2D eigenvalue weighted by atomic mass is 9.84. The molecule has 2 saturated heterocycles. The van der Waals surface area contributed by atoms with Crippen LogP contribution in [0.5, 0.6) is 0 Å². The summed E-state index contributed by atoms with van der Waals surface area (Å²) in [4.78, 5) is 18.0. The first kappa shape index (κ1) is 29.1. The summed E-state index contributed by atoms with van der Waals surface area (Å²) in [5.41, 5.74) is -2.69. The highest BCUT2D eigenvalue weighted by Crippen LogP contribution is 2.39. The molecule has 2 atom stereocenters. The van der Waals surface area contributed by atoms with Crippen molar-refractivity contribution in [2.45, 2.75) is 49.6 Å². The zero-order valence-electron chi connectivity index (χ0n) is 21.6. The smallest absolute Gasteiger partial charge is 0.324 e. The van der Waals surface area contributed by atoms with Crippen LogP contribution in [-0.4, -0.2) is 68.2 Å². The fourth-order valence-corrected chi connectivity index (χ4v) is 5.59. The monoisotopic (exact) mass is 560 g/mol. The summed E-state index contributed by atoms with van der Waals surface area (Å²) >= 11 is 0. The van der Waals surface area contributed by atoms with Crippen LogP contribution in [0, 0.1) is 5.82 Å². The van der Waals surface area contributed by atoms with Gasteiger partial charge in [0.25, 0.3) is 0 Å². The molecule has 2 aliphatic heterocycles. The van der Waals surface area contributed by atoms with Crippen molar-refractivity contribution >= 4 is 11.7 Å². The van der Waals surface area contributed by atoms with E-state index in [2.05, 4.69) is 10.2 Å². The van der Waals surface area contributed by atoms with Gasteiger partial charge in [-0.2, -0.15) is 26.3 Å². The number of benzene rings is 2. The topological polar surface area (TPSA) is 38.8 Å². The molecule has 2 aromatic rings. The summed E-state index contributed by atoms with van der Waals surface area (Å²) in [6.07, 6.45) is -7.58. The minimum absolute atomic E-state index is 0.0343. The van der Waals surface area contributed by atoms with E-state index in [0.717, 1.165) is 43.4 Å². The van der Waals surface area contributed by atoms with Crippen molar-refractivity contribution in [2.75, 3.05) is 45.2 Å². The fraction of sp³-hybridized carbons (Fsp3) is 0.519. The van der Waals surface area contributed by atoms with E-state index in [1.54, 1.807) is 12.1 Å². The third-order valence-corrected chi connectivity index (χ3v) is 7.78. The molecule has 2 amide bonds. The zero-order valence-corrected chi connectivity index (χ0v) is 21.6. The first-order valence-corrected chi connectivity index (χ1v) is 12.8. The lowest BCUT2D eigenvalue weighted by Gasteiger charge is -2.46. The van der Waals surface area contributed by atoms with E-state index in [4.69, 9.17) is 0 Å². The van der Waals surface area contributed by atoms with Gasteiger partial charge < -0.3 is 10.2 Å². The van der Waals surface area contributed by atoms with Crippen LogP contribution in [0.4, 0.5) is 41.2 Å². The van der Waals surface area contributed by atoms with E-state index < -0.39 is 47.1 Å². The molecule has 1 N–H and O–H groups in total. The number of carbonyl (C=O) groups is 1. The number of rotatable bonds is 4. The zero-order chi connectivity index (χ0) is 28.5. The Morgan fingerprint density at radius 2 is 1.46 bits per heavy atom. The Hall–Kier alpha value is -2.86. The summed E-state index contributed by atoms with van der Waals surface area (Å²) in [5.74, 6) is -0.640. The Morgan fingerprint density at radius 1 is 0.897 bits per heavy atom. The van der Waals surface area contributed by atoms with Gasteiger partial charge in [0.2, 0.25) is 0 Å². The summed E-state index contributed by atoms with van der Waals surface area (Å²) in [5, 5.41) is 3.33. The van der Waals surface area contributed by atoms with Crippen molar-refractivity contribution < 1.29 is 35.5 Å². The Balaban J connectivity index is 1.62. The number of nitrogens with zero attached hydrogens (tertiary/aromatic N) is 3. The maximum Gasteiger partial charge on any atom is 0.416 e. The van der Waals surface area contributed by atoms with Gasteiger partial charge >= 0.3 is 18.4 Å². The molecule has 0 spiro atoms. The summed E-state index contributed by atoms with van der Waals surface area (Å²) in [7, 11) is 2.66. The molecule has 2 aliphatic rings. The summed E-state index contributed by atoms with van der Waals surface area (Å²) in [6, 6.07) is 6.31. The minimum Gasteiger partial charge on any atom is -0.324 e. The van der Waals surface area contributed by atoms with E-state index in [0.29, 0.717) is 37.7 Å². The molecule has 12 heteroatoms. The van der Waals surface area contributed by atoms with Gasteiger partial charge in [-0.05, 0) is 68.2 Å². The van der Waals surface area contributed by atoms with Crippen molar-refractivity contribution in [3.05, 3.63) is 65.0 Å².